The van der Waals surface area contributed by atoms with Gasteiger partial charge in [0.25, 0.3) is 0 Å². The van der Waals surface area contributed by atoms with Gasteiger partial charge in [-0.2, -0.15) is 0 Å². The van der Waals surface area contributed by atoms with E-state index in [4.69, 9.17) is 4.74 Å². The summed E-state index contributed by atoms with van der Waals surface area (Å²) >= 11 is 1.67. The van der Waals surface area contributed by atoms with Crippen molar-refractivity contribution in [3.05, 3.63) is 41.7 Å². The van der Waals surface area contributed by atoms with Crippen molar-refractivity contribution in [1.82, 2.24) is 19.5 Å². The number of nitrogens with zero attached hydrogens (tertiary/aromatic N) is 5. The van der Waals surface area contributed by atoms with Gasteiger partial charge in [-0.05, 0) is 31.5 Å². The van der Waals surface area contributed by atoms with Crippen LogP contribution in [0.3, 0.4) is 0 Å². The molecule has 132 valence electrons. The van der Waals surface area contributed by atoms with E-state index in [1.54, 1.807) is 11.3 Å². The second-order valence-electron chi connectivity index (χ2n) is 6.33. The third-order valence-corrected chi connectivity index (χ3v) is 5.42. The van der Waals surface area contributed by atoms with Crippen molar-refractivity contribution in [2.24, 2.45) is 0 Å². The predicted octanol–water partition coefficient (Wildman–Crippen LogP) is 2.82. The zero-order chi connectivity index (χ0) is 17.2. The van der Waals surface area contributed by atoms with Gasteiger partial charge in [-0.25, -0.2) is 9.50 Å². The van der Waals surface area contributed by atoms with Crippen LogP contribution in [0, 0.1) is 6.92 Å². The maximum Gasteiger partial charge on any atom is 0.214 e. The highest BCUT2D eigenvalue weighted by Gasteiger charge is 2.20. The average Bonchev–Trinajstić information content (AvgIpc) is 3.15. The number of piperazine rings is 1. The first kappa shape index (κ1) is 16.4. The molecule has 0 bridgehead atoms. The summed E-state index contributed by atoms with van der Waals surface area (Å²) in [4.78, 5) is 10.3. The molecule has 0 saturated carbocycles. The summed E-state index contributed by atoms with van der Waals surface area (Å²) < 4.78 is 7.40. The van der Waals surface area contributed by atoms with Crippen molar-refractivity contribution in [1.29, 1.82) is 0 Å². The zero-order valence-corrected chi connectivity index (χ0v) is 15.5. The highest BCUT2D eigenvalue weighted by atomic mass is 32.1. The number of imidazole rings is 1. The number of rotatable bonds is 5. The number of anilines is 1. The number of aryl methyl sites for hydroxylation is 1. The zero-order valence-electron chi connectivity index (χ0n) is 14.7. The van der Waals surface area contributed by atoms with Gasteiger partial charge in [0.1, 0.15) is 5.75 Å². The Morgan fingerprint density at radius 2 is 1.88 bits per heavy atom. The fraction of sp³-hybridized carbons (Fsp3) is 0.444. The van der Waals surface area contributed by atoms with E-state index < -0.39 is 0 Å². The molecule has 6 nitrogen and oxygen atoms in total. The molecule has 0 atom stereocenters. The molecule has 1 aliphatic rings. The smallest absolute Gasteiger partial charge is 0.214 e. The summed E-state index contributed by atoms with van der Waals surface area (Å²) in [7, 11) is 0. The Labute approximate surface area is 151 Å². The quantitative estimate of drug-likeness (QED) is 0.703. The lowest BCUT2D eigenvalue weighted by Gasteiger charge is -2.34. The number of benzene rings is 1. The molecule has 0 spiro atoms. The minimum absolute atomic E-state index is 0.711. The SMILES string of the molecule is CCOc1ccc(CN2CCN(c3nn4cc(C)nc4s3)CC2)cc1. The van der Waals surface area contributed by atoms with Gasteiger partial charge in [-0.15, -0.1) is 5.10 Å². The Kier molecular flexibility index (Phi) is 4.59. The topological polar surface area (TPSA) is 45.9 Å². The van der Waals surface area contributed by atoms with Crippen molar-refractivity contribution in [2.45, 2.75) is 20.4 Å². The molecule has 0 unspecified atom stereocenters. The van der Waals surface area contributed by atoms with E-state index in [1.165, 1.54) is 5.56 Å². The van der Waals surface area contributed by atoms with Gasteiger partial charge < -0.3 is 9.64 Å². The summed E-state index contributed by atoms with van der Waals surface area (Å²) in [6.45, 7) is 9.82. The minimum atomic E-state index is 0.711. The number of aromatic nitrogens is 3. The van der Waals surface area contributed by atoms with Crippen LogP contribution in [0.15, 0.2) is 30.5 Å². The second kappa shape index (κ2) is 7.01. The number of ether oxygens (including phenoxy) is 1. The van der Waals surface area contributed by atoms with Crippen LogP contribution >= 0.6 is 11.3 Å². The lowest BCUT2D eigenvalue weighted by atomic mass is 10.2. The molecule has 3 aromatic rings. The Hall–Kier alpha value is -2.12. The van der Waals surface area contributed by atoms with Crippen LogP contribution in [-0.2, 0) is 6.54 Å². The van der Waals surface area contributed by atoms with Crippen LogP contribution in [0.2, 0.25) is 0 Å². The second-order valence-corrected chi connectivity index (χ2v) is 7.27. The molecule has 1 saturated heterocycles. The van der Waals surface area contributed by atoms with Crippen LogP contribution in [0.4, 0.5) is 5.13 Å². The normalized spacial score (nSPS) is 15.8. The Morgan fingerprint density at radius 3 is 2.56 bits per heavy atom. The third kappa shape index (κ3) is 3.62. The Morgan fingerprint density at radius 1 is 1.12 bits per heavy atom. The highest BCUT2D eigenvalue weighted by Crippen LogP contribution is 2.24. The Balaban J connectivity index is 1.33. The number of hydrogen-bond donors (Lipinski definition) is 0. The molecule has 0 N–H and O–H groups in total. The van der Waals surface area contributed by atoms with E-state index in [2.05, 4.69) is 44.1 Å². The molecular formula is C18H23N5OS. The lowest BCUT2D eigenvalue weighted by molar-refractivity contribution is 0.249. The van der Waals surface area contributed by atoms with E-state index in [9.17, 15) is 0 Å². The molecule has 1 fully saturated rings. The fourth-order valence-corrected chi connectivity index (χ4v) is 4.12. The van der Waals surface area contributed by atoms with E-state index in [0.717, 1.165) is 54.3 Å². The minimum Gasteiger partial charge on any atom is -0.494 e. The summed E-state index contributed by atoms with van der Waals surface area (Å²) in [5, 5.41) is 5.73. The lowest BCUT2D eigenvalue weighted by Crippen LogP contribution is -2.46. The van der Waals surface area contributed by atoms with E-state index in [1.807, 2.05) is 24.6 Å². The van der Waals surface area contributed by atoms with Crippen molar-refractivity contribution in [2.75, 3.05) is 37.7 Å². The standard InChI is InChI=1S/C18H23N5OS/c1-3-24-16-6-4-15(5-7-16)13-21-8-10-22(11-9-21)18-20-23-12-14(2)19-17(23)25-18/h4-7,12H,3,8-11,13H2,1-2H3. The molecule has 2 aromatic heterocycles. The van der Waals surface area contributed by atoms with Gasteiger partial charge in [-0.1, -0.05) is 23.5 Å². The molecule has 1 aliphatic heterocycles. The first-order valence-corrected chi connectivity index (χ1v) is 9.55. The first-order chi connectivity index (χ1) is 12.2. The summed E-state index contributed by atoms with van der Waals surface area (Å²) in [6, 6.07) is 8.44. The van der Waals surface area contributed by atoms with Crippen LogP contribution < -0.4 is 9.64 Å². The van der Waals surface area contributed by atoms with Crippen molar-refractivity contribution in [3.63, 3.8) is 0 Å². The first-order valence-electron chi connectivity index (χ1n) is 8.73. The van der Waals surface area contributed by atoms with Crippen molar-refractivity contribution >= 4 is 21.4 Å². The van der Waals surface area contributed by atoms with Gasteiger partial charge in [0.2, 0.25) is 10.1 Å². The third-order valence-electron chi connectivity index (χ3n) is 4.44. The van der Waals surface area contributed by atoms with Crippen LogP contribution in [0.25, 0.3) is 4.96 Å². The monoisotopic (exact) mass is 357 g/mol. The predicted molar refractivity (Wildman–Crippen MR) is 101 cm³/mol. The molecule has 3 heterocycles. The molecule has 1 aromatic carbocycles. The van der Waals surface area contributed by atoms with Gasteiger partial charge in [-0.3, -0.25) is 4.90 Å². The van der Waals surface area contributed by atoms with Gasteiger partial charge in [0.15, 0.2) is 0 Å². The Bertz CT molecular complexity index is 801. The van der Waals surface area contributed by atoms with Crippen LogP contribution in [0.5, 0.6) is 5.75 Å². The molecule has 25 heavy (non-hydrogen) atoms. The van der Waals surface area contributed by atoms with Gasteiger partial charge >= 0.3 is 0 Å². The molecule has 7 heteroatoms. The van der Waals surface area contributed by atoms with E-state index in [0.29, 0.717) is 6.61 Å². The largest absolute Gasteiger partial charge is 0.494 e. The molecule has 0 radical (unpaired) electrons. The summed E-state index contributed by atoms with van der Waals surface area (Å²) in [5.41, 5.74) is 2.35. The molecular weight excluding hydrogens is 334 g/mol. The van der Waals surface area contributed by atoms with Crippen molar-refractivity contribution < 1.29 is 4.74 Å². The van der Waals surface area contributed by atoms with Crippen molar-refractivity contribution in [3.8, 4) is 5.75 Å². The number of fused-ring (bicyclic) bond motifs is 1. The molecule has 4 rings (SSSR count). The maximum absolute atomic E-state index is 5.51. The maximum atomic E-state index is 5.51. The van der Waals surface area contributed by atoms with Crippen LogP contribution in [-0.4, -0.2) is 52.3 Å². The van der Waals surface area contributed by atoms with Crippen LogP contribution in [0.1, 0.15) is 18.2 Å². The van der Waals surface area contributed by atoms with Gasteiger partial charge in [0.05, 0.1) is 18.5 Å². The number of hydrogen-bond acceptors (Lipinski definition) is 6. The molecule has 0 amide bonds. The average molecular weight is 357 g/mol. The fourth-order valence-electron chi connectivity index (χ4n) is 3.14. The summed E-state index contributed by atoms with van der Waals surface area (Å²) in [6.07, 6.45) is 1.98. The van der Waals surface area contributed by atoms with E-state index >= 15 is 0 Å². The molecule has 0 aliphatic carbocycles. The highest BCUT2D eigenvalue weighted by molar-refractivity contribution is 7.20. The van der Waals surface area contributed by atoms with Gasteiger partial charge in [0, 0.05) is 32.7 Å². The van der Waals surface area contributed by atoms with E-state index in [-0.39, 0.29) is 0 Å². The summed E-state index contributed by atoms with van der Waals surface area (Å²) in [5.74, 6) is 0.945.